The van der Waals surface area contributed by atoms with Gasteiger partial charge in [0.05, 0.1) is 5.69 Å². The van der Waals surface area contributed by atoms with Gasteiger partial charge in [-0.2, -0.15) is 9.40 Å². The lowest BCUT2D eigenvalue weighted by molar-refractivity contribution is 0.386. The number of aryl methyl sites for hydroxylation is 1. The molecule has 1 aliphatic rings. The van der Waals surface area contributed by atoms with Crippen LogP contribution in [0.2, 0.25) is 0 Å². The fourth-order valence-electron chi connectivity index (χ4n) is 3.37. The number of piperazine rings is 1. The van der Waals surface area contributed by atoms with Gasteiger partial charge in [0.15, 0.2) is 0 Å². The zero-order valence-corrected chi connectivity index (χ0v) is 16.8. The van der Waals surface area contributed by atoms with Crippen molar-refractivity contribution in [1.29, 1.82) is 0 Å². The van der Waals surface area contributed by atoms with Crippen molar-refractivity contribution in [3.8, 4) is 11.3 Å². The highest BCUT2D eigenvalue weighted by Crippen LogP contribution is 2.31. The molecule has 0 saturated carbocycles. The van der Waals surface area contributed by atoms with Gasteiger partial charge >= 0.3 is 0 Å². The molecule has 6 nitrogen and oxygen atoms in total. The van der Waals surface area contributed by atoms with E-state index in [-0.39, 0.29) is 0 Å². The van der Waals surface area contributed by atoms with Gasteiger partial charge in [-0.25, -0.2) is 8.42 Å². The van der Waals surface area contributed by atoms with Crippen LogP contribution in [0.25, 0.3) is 11.3 Å². The van der Waals surface area contributed by atoms with E-state index in [2.05, 4.69) is 22.1 Å². The molecule has 0 radical (unpaired) electrons. The highest BCUT2D eigenvalue weighted by atomic mass is 32.2. The van der Waals surface area contributed by atoms with Crippen molar-refractivity contribution in [2.45, 2.75) is 17.7 Å². The van der Waals surface area contributed by atoms with Crippen LogP contribution in [0.3, 0.4) is 0 Å². The quantitative estimate of drug-likeness (QED) is 0.658. The summed E-state index contributed by atoms with van der Waals surface area (Å²) in [5, 5.41) is 6.16. The van der Waals surface area contributed by atoms with E-state index >= 15 is 0 Å². The summed E-state index contributed by atoms with van der Waals surface area (Å²) in [4.78, 5) is 2.23. The number of para-hydroxylation sites is 1. The molecular weight excluding hydrogens is 380 g/mol. The van der Waals surface area contributed by atoms with Crippen LogP contribution >= 0.6 is 11.3 Å². The maximum absolute atomic E-state index is 13.1. The molecule has 0 spiro atoms. The number of nitrogens with zero attached hydrogens (tertiary/aromatic N) is 4. The molecule has 27 heavy (non-hydrogen) atoms. The number of benzene rings is 1. The van der Waals surface area contributed by atoms with E-state index in [0.29, 0.717) is 30.4 Å². The fourth-order valence-corrected chi connectivity index (χ4v) is 6.12. The van der Waals surface area contributed by atoms with E-state index in [0.717, 1.165) is 23.5 Å². The SMILES string of the molecule is CCn1nccc1-c1csc(S(=O)(=O)N2CCN(c3ccccc3)CC2)c1. The summed E-state index contributed by atoms with van der Waals surface area (Å²) in [5.74, 6) is 0. The van der Waals surface area contributed by atoms with Crippen LogP contribution < -0.4 is 4.90 Å². The molecule has 1 saturated heterocycles. The van der Waals surface area contributed by atoms with E-state index < -0.39 is 10.0 Å². The van der Waals surface area contributed by atoms with Gasteiger partial charge in [-0.15, -0.1) is 11.3 Å². The minimum atomic E-state index is -3.46. The van der Waals surface area contributed by atoms with Gasteiger partial charge in [-0.05, 0) is 31.2 Å². The van der Waals surface area contributed by atoms with Crippen molar-refractivity contribution in [1.82, 2.24) is 14.1 Å². The molecule has 3 aromatic rings. The van der Waals surface area contributed by atoms with Crippen LogP contribution in [0.15, 0.2) is 58.3 Å². The minimum absolute atomic E-state index is 0.398. The standard InChI is InChI=1S/C19H22N4O2S2/c1-2-23-18(8-9-20-23)16-14-19(26-15-16)27(24,25)22-12-10-21(11-13-22)17-6-4-3-5-7-17/h3-9,14-15H,2,10-13H2,1H3. The van der Waals surface area contributed by atoms with Crippen LogP contribution in [-0.4, -0.2) is 48.7 Å². The second-order valence-corrected chi connectivity index (χ2v) is 9.49. The van der Waals surface area contributed by atoms with E-state index in [1.165, 1.54) is 11.3 Å². The maximum Gasteiger partial charge on any atom is 0.252 e. The molecule has 2 aromatic heterocycles. The summed E-state index contributed by atoms with van der Waals surface area (Å²) < 4.78 is 30.0. The Morgan fingerprint density at radius 3 is 2.52 bits per heavy atom. The van der Waals surface area contributed by atoms with Crippen LogP contribution in [0.5, 0.6) is 0 Å². The van der Waals surface area contributed by atoms with Gasteiger partial charge < -0.3 is 4.90 Å². The Kier molecular flexibility index (Phi) is 5.03. The van der Waals surface area contributed by atoms with E-state index in [4.69, 9.17) is 0 Å². The Balaban J connectivity index is 1.50. The van der Waals surface area contributed by atoms with Gasteiger partial charge in [-0.1, -0.05) is 18.2 Å². The van der Waals surface area contributed by atoms with E-state index in [9.17, 15) is 8.42 Å². The summed E-state index contributed by atoms with van der Waals surface area (Å²) in [5.41, 5.74) is 2.99. The van der Waals surface area contributed by atoms with Crippen LogP contribution in [0, 0.1) is 0 Å². The van der Waals surface area contributed by atoms with Gasteiger partial charge in [-0.3, -0.25) is 4.68 Å². The molecule has 4 rings (SSSR count). The maximum atomic E-state index is 13.1. The van der Waals surface area contributed by atoms with Crippen molar-refractivity contribution < 1.29 is 8.42 Å². The van der Waals surface area contributed by atoms with Crippen molar-refractivity contribution in [2.24, 2.45) is 0 Å². The first-order valence-corrected chi connectivity index (χ1v) is 11.3. The van der Waals surface area contributed by atoms with E-state index in [1.54, 1.807) is 16.6 Å². The summed E-state index contributed by atoms with van der Waals surface area (Å²) in [6.45, 7) is 5.16. The highest BCUT2D eigenvalue weighted by Gasteiger charge is 2.30. The Labute approximate surface area is 163 Å². The van der Waals surface area contributed by atoms with Crippen LogP contribution in [0.1, 0.15) is 6.92 Å². The molecular formula is C19H22N4O2S2. The van der Waals surface area contributed by atoms with Gasteiger partial charge in [0, 0.05) is 55.6 Å². The molecule has 0 atom stereocenters. The molecule has 1 fully saturated rings. The first-order chi connectivity index (χ1) is 13.1. The molecule has 3 heterocycles. The Morgan fingerprint density at radius 1 is 1.07 bits per heavy atom. The molecule has 0 unspecified atom stereocenters. The number of hydrogen-bond donors (Lipinski definition) is 0. The van der Waals surface area contributed by atoms with Crippen LogP contribution in [0.4, 0.5) is 5.69 Å². The number of aromatic nitrogens is 2. The number of sulfonamides is 1. The Hall–Kier alpha value is -2.16. The molecule has 0 bridgehead atoms. The second kappa shape index (κ2) is 7.46. The third-order valence-corrected chi connectivity index (χ3v) is 8.16. The summed E-state index contributed by atoms with van der Waals surface area (Å²) >= 11 is 1.28. The first kappa shape index (κ1) is 18.2. The molecule has 142 valence electrons. The molecule has 0 aliphatic carbocycles. The first-order valence-electron chi connectivity index (χ1n) is 9.00. The smallest absolute Gasteiger partial charge is 0.252 e. The largest absolute Gasteiger partial charge is 0.369 e. The van der Waals surface area contributed by atoms with Crippen LogP contribution in [-0.2, 0) is 16.6 Å². The second-order valence-electron chi connectivity index (χ2n) is 6.41. The van der Waals surface area contributed by atoms with Gasteiger partial charge in [0.1, 0.15) is 4.21 Å². The summed E-state index contributed by atoms with van der Waals surface area (Å²) in [6, 6.07) is 13.8. The Morgan fingerprint density at radius 2 is 1.81 bits per heavy atom. The van der Waals surface area contributed by atoms with E-state index in [1.807, 2.05) is 41.3 Å². The minimum Gasteiger partial charge on any atom is -0.369 e. The fraction of sp³-hybridized carbons (Fsp3) is 0.316. The number of hydrogen-bond acceptors (Lipinski definition) is 5. The van der Waals surface area contributed by atoms with Crippen molar-refractivity contribution in [3.05, 3.63) is 54.0 Å². The predicted molar refractivity (Wildman–Crippen MR) is 109 cm³/mol. The zero-order valence-electron chi connectivity index (χ0n) is 15.2. The number of thiophene rings is 1. The van der Waals surface area contributed by atoms with Crippen molar-refractivity contribution in [3.63, 3.8) is 0 Å². The normalized spacial score (nSPS) is 16.0. The third-order valence-electron chi connectivity index (χ3n) is 4.84. The highest BCUT2D eigenvalue weighted by molar-refractivity contribution is 7.91. The van der Waals surface area contributed by atoms with Crippen molar-refractivity contribution >= 4 is 27.0 Å². The van der Waals surface area contributed by atoms with Crippen molar-refractivity contribution in [2.75, 3.05) is 31.1 Å². The van der Waals surface area contributed by atoms with Gasteiger partial charge in [0.25, 0.3) is 10.0 Å². The topological polar surface area (TPSA) is 58.4 Å². The molecule has 8 heteroatoms. The van der Waals surface area contributed by atoms with Gasteiger partial charge in [0.2, 0.25) is 0 Å². The molecule has 1 aromatic carbocycles. The predicted octanol–water partition coefficient (Wildman–Crippen LogP) is 3.14. The monoisotopic (exact) mass is 402 g/mol. The lowest BCUT2D eigenvalue weighted by Gasteiger charge is -2.35. The lowest BCUT2D eigenvalue weighted by Crippen LogP contribution is -2.48. The number of anilines is 1. The summed E-state index contributed by atoms with van der Waals surface area (Å²) in [6.07, 6.45) is 1.74. The lowest BCUT2D eigenvalue weighted by atomic mass is 10.2. The summed E-state index contributed by atoms with van der Waals surface area (Å²) in [7, 11) is -3.46. The number of rotatable bonds is 5. The average molecular weight is 403 g/mol. The molecule has 0 N–H and O–H groups in total. The molecule has 1 aliphatic heterocycles. The Bertz CT molecular complexity index is 1000. The zero-order chi connectivity index (χ0) is 18.9. The molecule has 0 amide bonds. The third kappa shape index (κ3) is 3.52. The average Bonchev–Trinajstić information content (AvgIpc) is 3.38.